The number of nitrogens with one attached hydrogen (secondary N) is 1. The fraction of sp³-hybridized carbons (Fsp3) is 0.500. The quantitative estimate of drug-likeness (QED) is 0.678. The number of carboxylic acid groups (broad SMARTS) is 1. The van der Waals surface area contributed by atoms with Crippen molar-refractivity contribution in [3.8, 4) is 5.75 Å². The van der Waals surface area contributed by atoms with Crippen LogP contribution in [0.4, 0.5) is 0 Å². The van der Waals surface area contributed by atoms with Crippen LogP contribution in [-0.2, 0) is 14.3 Å². The molecule has 0 atom stereocenters. The normalized spacial score (nSPS) is 10.5. The molecule has 0 aliphatic rings. The lowest BCUT2D eigenvalue weighted by molar-refractivity contribution is -0.142. The summed E-state index contributed by atoms with van der Waals surface area (Å²) in [6.45, 7) is 6.06. The highest BCUT2D eigenvalue weighted by Gasteiger charge is 2.10. The summed E-state index contributed by atoms with van der Waals surface area (Å²) in [6, 6.07) is 5.94. The number of ether oxygens (including phenoxy) is 2. The van der Waals surface area contributed by atoms with Gasteiger partial charge in [0.15, 0.2) is 6.61 Å². The standard InChI is InChI=1S/C16H23NO5/c1-11(2)13-5-4-12(3)8-14(13)22-9-15(18)17-6-7-21-10-16(19)20/h4-5,8,11H,6-7,9-10H2,1-3H3,(H,17,18)(H,19,20). The van der Waals surface area contributed by atoms with Crippen LogP contribution in [0.25, 0.3) is 0 Å². The first kappa shape index (κ1) is 18.0. The van der Waals surface area contributed by atoms with E-state index >= 15 is 0 Å². The second-order valence-electron chi connectivity index (χ2n) is 5.28. The van der Waals surface area contributed by atoms with Crippen LogP contribution in [-0.4, -0.2) is 43.3 Å². The van der Waals surface area contributed by atoms with Crippen molar-refractivity contribution in [3.05, 3.63) is 29.3 Å². The number of rotatable bonds is 9. The van der Waals surface area contributed by atoms with Gasteiger partial charge >= 0.3 is 5.97 Å². The summed E-state index contributed by atoms with van der Waals surface area (Å²) in [5.74, 6) is -0.277. The van der Waals surface area contributed by atoms with E-state index in [1.54, 1.807) is 0 Å². The van der Waals surface area contributed by atoms with Gasteiger partial charge in [0.05, 0.1) is 6.61 Å². The van der Waals surface area contributed by atoms with Crippen molar-refractivity contribution in [1.29, 1.82) is 0 Å². The van der Waals surface area contributed by atoms with Crippen molar-refractivity contribution in [2.45, 2.75) is 26.7 Å². The SMILES string of the molecule is Cc1ccc(C(C)C)c(OCC(=O)NCCOCC(=O)O)c1. The zero-order chi connectivity index (χ0) is 16.5. The second-order valence-corrected chi connectivity index (χ2v) is 5.28. The molecule has 0 heterocycles. The summed E-state index contributed by atoms with van der Waals surface area (Å²) in [5.41, 5.74) is 2.13. The monoisotopic (exact) mass is 309 g/mol. The fourth-order valence-electron chi connectivity index (χ4n) is 1.86. The topological polar surface area (TPSA) is 84.9 Å². The maximum Gasteiger partial charge on any atom is 0.329 e. The Labute approximate surface area is 130 Å². The maximum absolute atomic E-state index is 11.7. The molecule has 2 N–H and O–H groups in total. The molecule has 6 nitrogen and oxygen atoms in total. The van der Waals surface area contributed by atoms with E-state index in [1.165, 1.54) is 0 Å². The van der Waals surface area contributed by atoms with Gasteiger partial charge in [-0.3, -0.25) is 4.79 Å². The lowest BCUT2D eigenvalue weighted by Gasteiger charge is -2.14. The first-order valence-corrected chi connectivity index (χ1v) is 7.19. The minimum absolute atomic E-state index is 0.0812. The molecule has 0 aliphatic carbocycles. The van der Waals surface area contributed by atoms with E-state index in [0.29, 0.717) is 11.7 Å². The van der Waals surface area contributed by atoms with Crippen molar-refractivity contribution in [3.63, 3.8) is 0 Å². The van der Waals surface area contributed by atoms with Gasteiger partial charge in [-0.2, -0.15) is 0 Å². The van der Waals surface area contributed by atoms with Crippen LogP contribution in [0.15, 0.2) is 18.2 Å². The van der Waals surface area contributed by atoms with E-state index < -0.39 is 5.97 Å². The third-order valence-electron chi connectivity index (χ3n) is 2.94. The molecule has 0 unspecified atom stereocenters. The molecule has 0 aliphatic heterocycles. The van der Waals surface area contributed by atoms with Gasteiger partial charge in [-0.25, -0.2) is 4.79 Å². The molecule has 0 saturated heterocycles. The van der Waals surface area contributed by atoms with Gasteiger partial charge in [0.2, 0.25) is 0 Å². The summed E-state index contributed by atoms with van der Waals surface area (Å²) in [7, 11) is 0. The minimum Gasteiger partial charge on any atom is -0.483 e. The Morgan fingerprint density at radius 1 is 1.27 bits per heavy atom. The zero-order valence-electron chi connectivity index (χ0n) is 13.2. The Bertz CT molecular complexity index is 513. The first-order valence-electron chi connectivity index (χ1n) is 7.19. The summed E-state index contributed by atoms with van der Waals surface area (Å²) in [5, 5.41) is 11.0. The van der Waals surface area contributed by atoms with Crippen molar-refractivity contribution < 1.29 is 24.2 Å². The van der Waals surface area contributed by atoms with Crippen LogP contribution in [0.3, 0.4) is 0 Å². The molecule has 0 spiro atoms. The molecule has 0 saturated carbocycles. The van der Waals surface area contributed by atoms with Gasteiger partial charge in [0, 0.05) is 6.54 Å². The zero-order valence-corrected chi connectivity index (χ0v) is 13.2. The molecular formula is C16H23NO5. The van der Waals surface area contributed by atoms with E-state index in [-0.39, 0.29) is 32.3 Å². The van der Waals surface area contributed by atoms with Gasteiger partial charge in [-0.1, -0.05) is 26.0 Å². The highest BCUT2D eigenvalue weighted by atomic mass is 16.5. The number of hydrogen-bond acceptors (Lipinski definition) is 4. The lowest BCUT2D eigenvalue weighted by Crippen LogP contribution is -2.32. The molecule has 0 fully saturated rings. The number of amides is 1. The van der Waals surface area contributed by atoms with Gasteiger partial charge in [-0.15, -0.1) is 0 Å². The lowest BCUT2D eigenvalue weighted by atomic mass is 10.0. The van der Waals surface area contributed by atoms with Crippen molar-refractivity contribution >= 4 is 11.9 Å². The number of carbonyl (C=O) groups excluding carboxylic acids is 1. The number of hydrogen-bond donors (Lipinski definition) is 2. The van der Waals surface area contributed by atoms with Gasteiger partial charge in [0.1, 0.15) is 12.4 Å². The van der Waals surface area contributed by atoms with Crippen LogP contribution in [0.1, 0.15) is 30.9 Å². The number of aliphatic carboxylic acids is 1. The van der Waals surface area contributed by atoms with Gasteiger partial charge < -0.3 is 19.9 Å². The predicted molar refractivity (Wildman–Crippen MR) is 82.2 cm³/mol. The Kier molecular flexibility index (Phi) is 7.39. The van der Waals surface area contributed by atoms with Crippen LogP contribution < -0.4 is 10.1 Å². The first-order chi connectivity index (χ1) is 10.4. The van der Waals surface area contributed by atoms with Crippen LogP contribution in [0, 0.1) is 6.92 Å². The third kappa shape index (κ3) is 6.58. The largest absolute Gasteiger partial charge is 0.483 e. The van der Waals surface area contributed by atoms with Crippen LogP contribution in [0.5, 0.6) is 5.75 Å². The third-order valence-corrected chi connectivity index (χ3v) is 2.94. The molecule has 0 bridgehead atoms. The van der Waals surface area contributed by atoms with Gasteiger partial charge in [0.25, 0.3) is 5.91 Å². The Morgan fingerprint density at radius 3 is 2.64 bits per heavy atom. The Hall–Kier alpha value is -2.08. The number of carboxylic acids is 1. The molecule has 0 aromatic heterocycles. The Morgan fingerprint density at radius 2 is 2.00 bits per heavy atom. The Balaban J connectivity index is 2.38. The van der Waals surface area contributed by atoms with Crippen molar-refractivity contribution in [2.75, 3.05) is 26.4 Å². The highest BCUT2D eigenvalue weighted by molar-refractivity contribution is 5.77. The minimum atomic E-state index is -1.03. The molecule has 0 radical (unpaired) electrons. The maximum atomic E-state index is 11.7. The van der Waals surface area contributed by atoms with Gasteiger partial charge in [-0.05, 0) is 30.0 Å². The number of carbonyl (C=O) groups is 2. The molecule has 22 heavy (non-hydrogen) atoms. The van der Waals surface area contributed by atoms with Crippen molar-refractivity contribution in [1.82, 2.24) is 5.32 Å². The van der Waals surface area contributed by atoms with Crippen molar-refractivity contribution in [2.24, 2.45) is 0 Å². The summed E-state index contributed by atoms with van der Waals surface area (Å²) in [6.07, 6.45) is 0. The average molecular weight is 309 g/mol. The molecule has 1 aromatic rings. The second kappa shape index (κ2) is 9.04. The fourth-order valence-corrected chi connectivity index (χ4v) is 1.86. The van der Waals surface area contributed by atoms with E-state index in [2.05, 4.69) is 19.2 Å². The van der Waals surface area contributed by atoms with E-state index in [0.717, 1.165) is 11.1 Å². The van der Waals surface area contributed by atoms with Crippen LogP contribution in [0.2, 0.25) is 0 Å². The predicted octanol–water partition coefficient (Wildman–Crippen LogP) is 1.71. The molecule has 1 aromatic carbocycles. The summed E-state index contributed by atoms with van der Waals surface area (Å²) < 4.78 is 10.4. The molecule has 1 rings (SSSR count). The van der Waals surface area contributed by atoms with E-state index in [9.17, 15) is 9.59 Å². The molecular weight excluding hydrogens is 286 g/mol. The molecule has 6 heteroatoms. The van der Waals surface area contributed by atoms with Crippen LogP contribution >= 0.6 is 0 Å². The number of benzene rings is 1. The van der Waals surface area contributed by atoms with E-state index in [1.807, 2.05) is 25.1 Å². The molecule has 1 amide bonds. The smallest absolute Gasteiger partial charge is 0.329 e. The highest BCUT2D eigenvalue weighted by Crippen LogP contribution is 2.27. The summed E-state index contributed by atoms with van der Waals surface area (Å²) in [4.78, 5) is 21.9. The molecule has 122 valence electrons. The summed E-state index contributed by atoms with van der Waals surface area (Å²) >= 11 is 0. The average Bonchev–Trinajstić information content (AvgIpc) is 2.44. The van der Waals surface area contributed by atoms with E-state index in [4.69, 9.17) is 14.6 Å². The number of aryl methyl sites for hydroxylation is 1.